The van der Waals surface area contributed by atoms with E-state index in [-0.39, 0.29) is 0 Å². The second-order valence-electron chi connectivity index (χ2n) is 2.24. The molecule has 0 atom stereocenters. The molecule has 0 fully saturated rings. The van der Waals surface area contributed by atoms with Crippen LogP contribution >= 0.6 is 11.8 Å². The summed E-state index contributed by atoms with van der Waals surface area (Å²) in [6.45, 7) is 0.572. The topological polar surface area (TPSA) is 67.6 Å². The lowest BCUT2D eigenvalue weighted by atomic mass is 10.5. The Kier molecular flexibility index (Phi) is 3.00. The first kappa shape index (κ1) is 8.94. The number of nitrogen functional groups attached to an aromatic ring is 1. The summed E-state index contributed by atoms with van der Waals surface area (Å²) in [6.07, 6.45) is 2.39. The van der Waals surface area contributed by atoms with Gasteiger partial charge in [0.2, 0.25) is 0 Å². The van der Waals surface area contributed by atoms with E-state index in [0.717, 1.165) is 5.03 Å². The standard InChI is InChI=1S/C7H10N4S/c1-12-7-5-6(9)11(10-7)4-2-3-8/h5H,2,4,9H2,1H3. The van der Waals surface area contributed by atoms with Crippen LogP contribution in [0.3, 0.4) is 0 Å². The molecule has 0 spiro atoms. The lowest BCUT2D eigenvalue weighted by Crippen LogP contribution is -2.03. The third-order valence-electron chi connectivity index (χ3n) is 1.43. The van der Waals surface area contributed by atoms with E-state index >= 15 is 0 Å². The Morgan fingerprint density at radius 3 is 3.08 bits per heavy atom. The molecule has 0 amide bonds. The SMILES string of the molecule is CSc1cc(N)n(CCC#N)n1. The predicted molar refractivity (Wildman–Crippen MR) is 48.7 cm³/mol. The maximum Gasteiger partial charge on any atom is 0.122 e. The van der Waals surface area contributed by atoms with E-state index in [4.69, 9.17) is 11.0 Å². The van der Waals surface area contributed by atoms with Crippen LogP contribution in [-0.2, 0) is 6.54 Å². The minimum atomic E-state index is 0.444. The van der Waals surface area contributed by atoms with Crippen LogP contribution in [0.4, 0.5) is 5.82 Å². The van der Waals surface area contributed by atoms with Crippen molar-refractivity contribution in [1.29, 1.82) is 5.26 Å². The molecule has 0 saturated carbocycles. The van der Waals surface area contributed by atoms with Crippen molar-refractivity contribution in [3.05, 3.63) is 6.07 Å². The molecule has 4 nitrogen and oxygen atoms in total. The molecule has 2 N–H and O–H groups in total. The average molecular weight is 182 g/mol. The number of nitriles is 1. The summed E-state index contributed by atoms with van der Waals surface area (Å²) in [6, 6.07) is 3.86. The highest BCUT2D eigenvalue weighted by Crippen LogP contribution is 2.15. The molecule has 12 heavy (non-hydrogen) atoms. The van der Waals surface area contributed by atoms with Gasteiger partial charge in [0.15, 0.2) is 0 Å². The fourth-order valence-corrected chi connectivity index (χ4v) is 1.26. The lowest BCUT2D eigenvalue weighted by molar-refractivity contribution is 0.620. The number of anilines is 1. The smallest absolute Gasteiger partial charge is 0.122 e. The van der Waals surface area contributed by atoms with Gasteiger partial charge in [0.05, 0.1) is 19.0 Å². The second kappa shape index (κ2) is 4.02. The summed E-state index contributed by atoms with van der Waals surface area (Å²) < 4.78 is 1.65. The molecule has 0 aliphatic carbocycles. The minimum absolute atomic E-state index is 0.444. The average Bonchev–Trinajstić information content (AvgIpc) is 2.43. The van der Waals surface area contributed by atoms with Crippen LogP contribution in [0.5, 0.6) is 0 Å². The summed E-state index contributed by atoms with van der Waals surface area (Å²) in [5.74, 6) is 0.620. The molecule has 1 aromatic rings. The third kappa shape index (κ3) is 1.92. The van der Waals surface area contributed by atoms with Crippen LogP contribution in [0.1, 0.15) is 6.42 Å². The molecule has 1 rings (SSSR count). The number of nitrogens with zero attached hydrogens (tertiary/aromatic N) is 3. The number of rotatable bonds is 3. The van der Waals surface area contributed by atoms with Crippen LogP contribution < -0.4 is 5.73 Å². The Morgan fingerprint density at radius 1 is 1.83 bits per heavy atom. The van der Waals surface area contributed by atoms with Gasteiger partial charge in [-0.25, -0.2) is 4.68 Å². The summed E-state index contributed by atoms with van der Waals surface area (Å²) in [5, 5.41) is 13.4. The maximum atomic E-state index is 8.35. The monoisotopic (exact) mass is 182 g/mol. The molecule has 0 aliphatic heterocycles. The van der Waals surface area contributed by atoms with Crippen LogP contribution in [0, 0.1) is 11.3 Å². The van der Waals surface area contributed by atoms with Crippen molar-refractivity contribution in [2.24, 2.45) is 0 Å². The fourth-order valence-electron chi connectivity index (χ4n) is 0.841. The van der Waals surface area contributed by atoms with Gasteiger partial charge >= 0.3 is 0 Å². The number of aryl methyl sites for hydroxylation is 1. The van der Waals surface area contributed by atoms with Crippen LogP contribution in [0.25, 0.3) is 0 Å². The van der Waals surface area contributed by atoms with Crippen molar-refractivity contribution in [2.45, 2.75) is 18.0 Å². The minimum Gasteiger partial charge on any atom is -0.384 e. The van der Waals surface area contributed by atoms with Crippen LogP contribution in [0.2, 0.25) is 0 Å². The zero-order valence-electron chi connectivity index (χ0n) is 6.82. The first-order valence-electron chi connectivity index (χ1n) is 3.52. The molecule has 1 aromatic heterocycles. The van der Waals surface area contributed by atoms with Gasteiger partial charge in [0, 0.05) is 6.07 Å². The van der Waals surface area contributed by atoms with E-state index in [2.05, 4.69) is 5.10 Å². The molecule has 0 aromatic carbocycles. The normalized spacial score (nSPS) is 9.67. The number of hydrogen-bond acceptors (Lipinski definition) is 4. The highest BCUT2D eigenvalue weighted by atomic mass is 32.2. The second-order valence-corrected chi connectivity index (χ2v) is 3.07. The van der Waals surface area contributed by atoms with E-state index in [1.807, 2.05) is 18.4 Å². The predicted octanol–water partition coefficient (Wildman–Crippen LogP) is 1.10. The molecule has 1 heterocycles. The molecule has 64 valence electrons. The fraction of sp³-hybridized carbons (Fsp3) is 0.429. The summed E-state index contributed by atoms with van der Waals surface area (Å²) in [5.41, 5.74) is 5.64. The molecule has 0 saturated heterocycles. The first-order valence-corrected chi connectivity index (χ1v) is 4.74. The van der Waals surface area contributed by atoms with E-state index in [9.17, 15) is 0 Å². The van der Waals surface area contributed by atoms with Gasteiger partial charge in [-0.3, -0.25) is 0 Å². The van der Waals surface area contributed by atoms with Gasteiger partial charge in [-0.1, -0.05) is 0 Å². The quantitative estimate of drug-likeness (QED) is 0.711. The maximum absolute atomic E-state index is 8.35. The van der Waals surface area contributed by atoms with Crippen molar-refractivity contribution in [2.75, 3.05) is 12.0 Å². The number of hydrogen-bond donors (Lipinski definition) is 1. The Morgan fingerprint density at radius 2 is 2.58 bits per heavy atom. The van der Waals surface area contributed by atoms with Crippen molar-refractivity contribution in [3.8, 4) is 6.07 Å². The molecule has 0 unspecified atom stereocenters. The zero-order chi connectivity index (χ0) is 8.97. The van der Waals surface area contributed by atoms with Gasteiger partial charge in [-0.2, -0.15) is 10.4 Å². The molecule has 0 radical (unpaired) electrons. The van der Waals surface area contributed by atoms with Crippen molar-refractivity contribution >= 4 is 17.6 Å². The molecule has 5 heteroatoms. The van der Waals surface area contributed by atoms with Gasteiger partial charge < -0.3 is 5.73 Å². The van der Waals surface area contributed by atoms with Crippen LogP contribution in [-0.4, -0.2) is 16.0 Å². The van der Waals surface area contributed by atoms with Gasteiger partial charge in [0.1, 0.15) is 10.8 Å². The number of nitrogens with two attached hydrogens (primary N) is 1. The van der Waals surface area contributed by atoms with Crippen LogP contribution in [0.15, 0.2) is 11.1 Å². The Labute approximate surface area is 75.4 Å². The Hall–Kier alpha value is -1.15. The van der Waals surface area contributed by atoms with E-state index in [0.29, 0.717) is 18.8 Å². The van der Waals surface area contributed by atoms with E-state index in [1.165, 1.54) is 0 Å². The van der Waals surface area contributed by atoms with Gasteiger partial charge in [-0.05, 0) is 6.26 Å². The van der Waals surface area contributed by atoms with Crippen molar-refractivity contribution < 1.29 is 0 Å². The van der Waals surface area contributed by atoms with E-state index < -0.39 is 0 Å². The summed E-state index contributed by atoms with van der Waals surface area (Å²) in [7, 11) is 0. The Bertz CT molecular complexity index is 299. The zero-order valence-corrected chi connectivity index (χ0v) is 7.64. The van der Waals surface area contributed by atoms with Gasteiger partial charge in [0.25, 0.3) is 0 Å². The number of aromatic nitrogens is 2. The Balaban J connectivity index is 2.72. The highest BCUT2D eigenvalue weighted by molar-refractivity contribution is 7.98. The van der Waals surface area contributed by atoms with Gasteiger partial charge in [-0.15, -0.1) is 11.8 Å². The first-order chi connectivity index (χ1) is 5.77. The third-order valence-corrected chi connectivity index (χ3v) is 2.05. The molecule has 0 bridgehead atoms. The molecular weight excluding hydrogens is 172 g/mol. The van der Waals surface area contributed by atoms with Crippen molar-refractivity contribution in [1.82, 2.24) is 9.78 Å². The summed E-state index contributed by atoms with van der Waals surface area (Å²) >= 11 is 1.54. The number of thioether (sulfide) groups is 1. The van der Waals surface area contributed by atoms with E-state index in [1.54, 1.807) is 16.4 Å². The lowest BCUT2D eigenvalue weighted by Gasteiger charge is -1.97. The highest BCUT2D eigenvalue weighted by Gasteiger charge is 2.02. The molecular formula is C7H10N4S. The largest absolute Gasteiger partial charge is 0.384 e. The van der Waals surface area contributed by atoms with Crippen molar-refractivity contribution in [3.63, 3.8) is 0 Å². The summed E-state index contributed by atoms with van der Waals surface area (Å²) in [4.78, 5) is 0. The molecule has 0 aliphatic rings.